The molecule has 2 aromatic rings. The van der Waals surface area contributed by atoms with E-state index in [1.807, 2.05) is 0 Å². The van der Waals surface area contributed by atoms with Crippen LogP contribution in [0.3, 0.4) is 0 Å². The Morgan fingerprint density at radius 2 is 2.19 bits per heavy atom. The molecular weight excluding hydrogens is 334 g/mol. The van der Waals surface area contributed by atoms with Gasteiger partial charge in [-0.1, -0.05) is 12.1 Å². The number of aromatic amines is 1. The van der Waals surface area contributed by atoms with Gasteiger partial charge in [-0.3, -0.25) is 15.0 Å². The van der Waals surface area contributed by atoms with E-state index in [0.717, 1.165) is 55.0 Å². The van der Waals surface area contributed by atoms with Gasteiger partial charge in [0.1, 0.15) is 6.04 Å². The number of ether oxygens (including phenoxy) is 2. The first-order chi connectivity index (χ1) is 12.7. The number of morpholine rings is 1. The van der Waals surface area contributed by atoms with Crippen molar-refractivity contribution in [3.63, 3.8) is 0 Å². The van der Waals surface area contributed by atoms with Gasteiger partial charge in [0.15, 0.2) is 0 Å². The number of carboxylic acids is 1. The van der Waals surface area contributed by atoms with E-state index in [0.29, 0.717) is 13.2 Å². The molecule has 0 spiro atoms. The monoisotopic (exact) mass is 359 g/mol. The fourth-order valence-corrected chi connectivity index (χ4v) is 4.22. The Morgan fingerprint density at radius 3 is 2.92 bits per heavy atom. The van der Waals surface area contributed by atoms with Gasteiger partial charge in [0.2, 0.25) is 0 Å². The van der Waals surface area contributed by atoms with Crippen molar-refractivity contribution in [3.8, 4) is 0 Å². The van der Waals surface area contributed by atoms with E-state index in [-0.39, 0.29) is 5.92 Å². The molecule has 1 saturated heterocycles. The molecule has 0 bridgehead atoms. The number of hydrogen-bond acceptors (Lipinski definition) is 5. The van der Waals surface area contributed by atoms with Gasteiger partial charge in [0, 0.05) is 55.8 Å². The second kappa shape index (κ2) is 7.36. The van der Waals surface area contributed by atoms with E-state index in [1.165, 1.54) is 5.56 Å². The highest BCUT2D eigenvalue weighted by atomic mass is 16.5. The Morgan fingerprint density at radius 1 is 1.38 bits per heavy atom. The molecule has 7 heteroatoms. The SMILES string of the molecule is COCC1c2c([nH]c3cccc(CN4CCOCC4)c23)CNC1C(=O)O. The van der Waals surface area contributed by atoms with Crippen LogP contribution in [0.4, 0.5) is 0 Å². The van der Waals surface area contributed by atoms with Gasteiger partial charge >= 0.3 is 5.97 Å². The summed E-state index contributed by atoms with van der Waals surface area (Å²) in [6.45, 7) is 5.11. The lowest BCUT2D eigenvalue weighted by Gasteiger charge is -2.31. The minimum absolute atomic E-state index is 0.221. The van der Waals surface area contributed by atoms with Crippen LogP contribution < -0.4 is 5.32 Å². The lowest BCUT2D eigenvalue weighted by atomic mass is 9.85. The largest absolute Gasteiger partial charge is 0.480 e. The van der Waals surface area contributed by atoms with E-state index in [9.17, 15) is 9.90 Å². The van der Waals surface area contributed by atoms with Crippen LogP contribution in [0, 0.1) is 0 Å². The zero-order valence-corrected chi connectivity index (χ0v) is 15.0. The molecule has 3 heterocycles. The third-order valence-corrected chi connectivity index (χ3v) is 5.41. The highest BCUT2D eigenvalue weighted by Gasteiger charge is 2.37. The zero-order valence-electron chi connectivity index (χ0n) is 15.0. The summed E-state index contributed by atoms with van der Waals surface area (Å²) in [7, 11) is 1.62. The molecule has 2 unspecified atom stereocenters. The van der Waals surface area contributed by atoms with E-state index >= 15 is 0 Å². The molecule has 0 radical (unpaired) electrons. The van der Waals surface area contributed by atoms with Crippen LogP contribution in [0.5, 0.6) is 0 Å². The lowest BCUT2D eigenvalue weighted by Crippen LogP contribution is -2.46. The van der Waals surface area contributed by atoms with Crippen molar-refractivity contribution in [3.05, 3.63) is 35.0 Å². The van der Waals surface area contributed by atoms with Crippen molar-refractivity contribution in [1.82, 2.24) is 15.2 Å². The van der Waals surface area contributed by atoms with Crippen molar-refractivity contribution in [2.24, 2.45) is 0 Å². The molecule has 0 saturated carbocycles. The maximum absolute atomic E-state index is 11.8. The van der Waals surface area contributed by atoms with Gasteiger partial charge in [0.05, 0.1) is 19.8 Å². The molecule has 2 aliphatic rings. The van der Waals surface area contributed by atoms with Gasteiger partial charge < -0.3 is 19.6 Å². The van der Waals surface area contributed by atoms with E-state index in [2.05, 4.69) is 33.4 Å². The molecule has 1 aromatic heterocycles. The van der Waals surface area contributed by atoms with Crippen LogP contribution in [0.1, 0.15) is 22.7 Å². The van der Waals surface area contributed by atoms with Crippen LogP contribution in [-0.2, 0) is 27.4 Å². The van der Waals surface area contributed by atoms with Crippen molar-refractivity contribution in [2.45, 2.75) is 25.0 Å². The number of nitrogens with one attached hydrogen (secondary N) is 2. The number of carboxylic acid groups (broad SMARTS) is 1. The smallest absolute Gasteiger partial charge is 0.321 e. The molecule has 140 valence electrons. The van der Waals surface area contributed by atoms with E-state index < -0.39 is 12.0 Å². The summed E-state index contributed by atoms with van der Waals surface area (Å²) < 4.78 is 10.8. The Balaban J connectivity index is 1.78. The van der Waals surface area contributed by atoms with Crippen molar-refractivity contribution in [1.29, 1.82) is 0 Å². The number of nitrogens with zero attached hydrogens (tertiary/aromatic N) is 1. The average molecular weight is 359 g/mol. The summed E-state index contributed by atoms with van der Waals surface area (Å²) >= 11 is 0. The maximum atomic E-state index is 11.8. The van der Waals surface area contributed by atoms with Gasteiger partial charge in [-0.25, -0.2) is 0 Å². The molecular formula is C19H25N3O4. The summed E-state index contributed by atoms with van der Waals surface area (Å²) in [6.07, 6.45) is 0. The average Bonchev–Trinajstić information content (AvgIpc) is 3.03. The molecule has 26 heavy (non-hydrogen) atoms. The standard InChI is InChI=1S/C19H25N3O4/c1-25-11-13-17-15(9-20-18(13)19(23)24)21-14-4-2-3-12(16(14)17)10-22-5-7-26-8-6-22/h2-4,13,18,20-21H,5-11H2,1H3,(H,23,24). The van der Waals surface area contributed by atoms with Gasteiger partial charge in [-0.05, 0) is 17.2 Å². The van der Waals surface area contributed by atoms with Gasteiger partial charge in [-0.2, -0.15) is 0 Å². The highest BCUT2D eigenvalue weighted by molar-refractivity contribution is 5.90. The summed E-state index contributed by atoms with van der Waals surface area (Å²) in [5.41, 5.74) is 4.45. The summed E-state index contributed by atoms with van der Waals surface area (Å²) in [4.78, 5) is 17.6. The Bertz CT molecular complexity index is 797. The summed E-state index contributed by atoms with van der Waals surface area (Å²) in [5, 5.41) is 13.9. The summed E-state index contributed by atoms with van der Waals surface area (Å²) in [6, 6.07) is 5.63. The minimum Gasteiger partial charge on any atom is -0.480 e. The number of carbonyl (C=O) groups is 1. The number of rotatable bonds is 5. The molecule has 4 rings (SSSR count). The molecule has 0 amide bonds. The highest BCUT2D eigenvalue weighted by Crippen LogP contribution is 2.37. The van der Waals surface area contributed by atoms with Crippen LogP contribution >= 0.6 is 0 Å². The Hall–Kier alpha value is -1.93. The number of hydrogen-bond donors (Lipinski definition) is 3. The number of benzene rings is 1. The fraction of sp³-hybridized carbons (Fsp3) is 0.526. The first-order valence-electron chi connectivity index (χ1n) is 9.06. The first-order valence-corrected chi connectivity index (χ1v) is 9.06. The number of fused-ring (bicyclic) bond motifs is 3. The third kappa shape index (κ3) is 3.12. The molecule has 1 aromatic carbocycles. The minimum atomic E-state index is -0.835. The maximum Gasteiger partial charge on any atom is 0.321 e. The molecule has 3 N–H and O–H groups in total. The fourth-order valence-electron chi connectivity index (χ4n) is 4.22. The number of methoxy groups -OCH3 is 1. The topological polar surface area (TPSA) is 86.8 Å². The Labute approximate surface area is 152 Å². The molecule has 0 aliphatic carbocycles. The molecule has 7 nitrogen and oxygen atoms in total. The molecule has 2 atom stereocenters. The number of H-pyrrole nitrogens is 1. The second-order valence-electron chi connectivity index (χ2n) is 7.00. The Kier molecular flexibility index (Phi) is 4.95. The third-order valence-electron chi connectivity index (χ3n) is 5.41. The van der Waals surface area contributed by atoms with Crippen LogP contribution in [-0.4, -0.2) is 67.0 Å². The normalized spacial score (nSPS) is 23.9. The van der Waals surface area contributed by atoms with E-state index in [4.69, 9.17) is 9.47 Å². The lowest BCUT2D eigenvalue weighted by molar-refractivity contribution is -0.140. The van der Waals surface area contributed by atoms with Crippen LogP contribution in [0.25, 0.3) is 10.9 Å². The predicted molar refractivity (Wildman–Crippen MR) is 97.3 cm³/mol. The second-order valence-corrected chi connectivity index (χ2v) is 7.00. The number of aromatic nitrogens is 1. The molecule has 2 aliphatic heterocycles. The van der Waals surface area contributed by atoms with Crippen LogP contribution in [0.2, 0.25) is 0 Å². The summed E-state index contributed by atoms with van der Waals surface area (Å²) in [5.74, 6) is -1.06. The van der Waals surface area contributed by atoms with Crippen LogP contribution in [0.15, 0.2) is 18.2 Å². The predicted octanol–water partition coefficient (Wildman–Crippen LogP) is 1.29. The van der Waals surface area contributed by atoms with Crippen molar-refractivity contribution < 1.29 is 19.4 Å². The van der Waals surface area contributed by atoms with Gasteiger partial charge in [-0.15, -0.1) is 0 Å². The van der Waals surface area contributed by atoms with Crippen molar-refractivity contribution >= 4 is 16.9 Å². The number of aliphatic carboxylic acids is 1. The van der Waals surface area contributed by atoms with E-state index in [1.54, 1.807) is 7.11 Å². The molecule has 1 fully saturated rings. The zero-order chi connectivity index (χ0) is 18.1. The quantitative estimate of drug-likeness (QED) is 0.746. The van der Waals surface area contributed by atoms with Crippen molar-refractivity contribution in [2.75, 3.05) is 40.0 Å². The van der Waals surface area contributed by atoms with Gasteiger partial charge in [0.25, 0.3) is 0 Å². The first kappa shape index (κ1) is 17.5.